The van der Waals surface area contributed by atoms with Gasteiger partial charge in [-0.1, -0.05) is 102 Å². The minimum absolute atomic E-state index is 0.140. The quantitative estimate of drug-likeness (QED) is 0.0812. The first-order chi connectivity index (χ1) is 20.5. The summed E-state index contributed by atoms with van der Waals surface area (Å²) in [7, 11) is 0. The first kappa shape index (κ1) is 32.9. The summed E-state index contributed by atoms with van der Waals surface area (Å²) in [6.07, 6.45) is 14.6. The van der Waals surface area contributed by atoms with Crippen LogP contribution in [0.4, 0.5) is 0 Å². The van der Waals surface area contributed by atoms with E-state index in [4.69, 9.17) is 14.2 Å². The lowest BCUT2D eigenvalue weighted by atomic mass is 9.99. The normalized spacial score (nSPS) is 11.6. The average Bonchev–Trinajstić information content (AvgIpc) is 3.00. The van der Waals surface area contributed by atoms with E-state index >= 15 is 0 Å². The zero-order valence-corrected chi connectivity index (χ0v) is 25.7. The van der Waals surface area contributed by atoms with Crippen molar-refractivity contribution < 1.29 is 23.8 Å². The highest BCUT2D eigenvalue weighted by Crippen LogP contribution is 2.28. The molecule has 0 bridgehead atoms. The summed E-state index contributed by atoms with van der Waals surface area (Å²) in [6, 6.07) is 21.8. The van der Waals surface area contributed by atoms with E-state index in [9.17, 15) is 9.59 Å². The van der Waals surface area contributed by atoms with Gasteiger partial charge in [-0.2, -0.15) is 0 Å². The number of ether oxygens (including phenoxy) is 3. The molecule has 0 spiro atoms. The Labute approximate surface area is 252 Å². The molecule has 226 valence electrons. The third kappa shape index (κ3) is 11.7. The fourth-order valence-corrected chi connectivity index (χ4v) is 4.92. The molecule has 0 aromatic heterocycles. The van der Waals surface area contributed by atoms with E-state index in [0.29, 0.717) is 23.5 Å². The third-order valence-electron chi connectivity index (χ3n) is 7.36. The number of benzene rings is 3. The molecule has 0 N–H and O–H groups in total. The number of rotatable bonds is 19. The van der Waals surface area contributed by atoms with Crippen LogP contribution in [0.15, 0.2) is 72.8 Å². The zero-order chi connectivity index (χ0) is 30.0. The maximum absolute atomic E-state index is 13.1. The molecule has 0 saturated carbocycles. The number of unbranched alkanes of at least 4 members (excludes halogenated alkanes) is 9. The molecule has 42 heavy (non-hydrogen) atoms. The molecule has 5 heteroatoms. The predicted molar refractivity (Wildman–Crippen MR) is 170 cm³/mol. The Morgan fingerprint density at radius 1 is 0.619 bits per heavy atom. The second kappa shape index (κ2) is 18.8. The van der Waals surface area contributed by atoms with E-state index in [0.717, 1.165) is 42.6 Å². The Hall–Kier alpha value is -3.60. The summed E-state index contributed by atoms with van der Waals surface area (Å²) in [6.45, 7) is 6.50. The fraction of sp³-hybridized carbons (Fsp3) is 0.459. The minimum Gasteiger partial charge on any atom is -0.491 e. The van der Waals surface area contributed by atoms with Crippen molar-refractivity contribution in [2.45, 2.75) is 110 Å². The first-order valence-electron chi connectivity index (χ1n) is 15.9. The van der Waals surface area contributed by atoms with Gasteiger partial charge in [0, 0.05) is 6.42 Å². The van der Waals surface area contributed by atoms with Crippen molar-refractivity contribution in [1.82, 2.24) is 0 Å². The standard InChI is InChI=1S/C37H48O5/c1-4-6-8-9-10-11-12-14-20-36(38)41-32-23-21-30(22-24-32)34-18-15-16-19-35(34)37(39)42-33-27-25-31(26-28-33)40-29(3)17-13-7-5-2/h15-16,18-19,21-29H,4-14,17,20H2,1-3H3. The number of carbonyl (C=O) groups excluding carboxylic acids is 2. The molecule has 0 aliphatic carbocycles. The van der Waals surface area contributed by atoms with Gasteiger partial charge in [-0.25, -0.2) is 4.79 Å². The van der Waals surface area contributed by atoms with E-state index in [1.54, 1.807) is 30.3 Å². The van der Waals surface area contributed by atoms with Crippen LogP contribution in [0.3, 0.4) is 0 Å². The molecule has 0 amide bonds. The van der Waals surface area contributed by atoms with Crippen molar-refractivity contribution in [2.24, 2.45) is 0 Å². The maximum atomic E-state index is 13.1. The number of hydrogen-bond donors (Lipinski definition) is 0. The van der Waals surface area contributed by atoms with Gasteiger partial charge in [0.2, 0.25) is 0 Å². The Morgan fingerprint density at radius 2 is 1.17 bits per heavy atom. The molecule has 0 aliphatic rings. The van der Waals surface area contributed by atoms with Crippen molar-refractivity contribution >= 4 is 11.9 Å². The van der Waals surface area contributed by atoms with Crippen molar-refractivity contribution in [3.05, 3.63) is 78.4 Å². The van der Waals surface area contributed by atoms with Crippen LogP contribution >= 0.6 is 0 Å². The molecule has 3 aromatic rings. The van der Waals surface area contributed by atoms with Gasteiger partial charge in [0.1, 0.15) is 17.2 Å². The predicted octanol–water partition coefficient (Wildman–Crippen LogP) is 10.4. The summed E-state index contributed by atoms with van der Waals surface area (Å²) in [5, 5.41) is 0. The van der Waals surface area contributed by atoms with Gasteiger partial charge in [-0.05, 0) is 79.8 Å². The summed E-state index contributed by atoms with van der Waals surface area (Å²) in [5.41, 5.74) is 2.05. The number of hydrogen-bond acceptors (Lipinski definition) is 5. The molecule has 0 saturated heterocycles. The summed E-state index contributed by atoms with van der Waals surface area (Å²) < 4.78 is 17.2. The lowest BCUT2D eigenvalue weighted by molar-refractivity contribution is -0.134. The highest BCUT2D eigenvalue weighted by atomic mass is 16.5. The van der Waals surface area contributed by atoms with Crippen LogP contribution in [-0.4, -0.2) is 18.0 Å². The molecule has 3 aromatic carbocycles. The Morgan fingerprint density at radius 3 is 1.86 bits per heavy atom. The molecule has 5 nitrogen and oxygen atoms in total. The third-order valence-corrected chi connectivity index (χ3v) is 7.36. The van der Waals surface area contributed by atoms with Gasteiger partial charge < -0.3 is 14.2 Å². The van der Waals surface area contributed by atoms with Crippen LogP contribution < -0.4 is 14.2 Å². The Kier molecular flexibility index (Phi) is 14.7. The largest absolute Gasteiger partial charge is 0.491 e. The summed E-state index contributed by atoms with van der Waals surface area (Å²) >= 11 is 0. The van der Waals surface area contributed by atoms with E-state index < -0.39 is 5.97 Å². The van der Waals surface area contributed by atoms with Crippen molar-refractivity contribution in [3.63, 3.8) is 0 Å². The van der Waals surface area contributed by atoms with Crippen LogP contribution in [0.1, 0.15) is 115 Å². The molecule has 1 unspecified atom stereocenters. The fourth-order valence-electron chi connectivity index (χ4n) is 4.92. The molecular formula is C37H48O5. The Bertz CT molecular complexity index is 1200. The van der Waals surface area contributed by atoms with E-state index in [2.05, 4.69) is 20.8 Å². The van der Waals surface area contributed by atoms with Gasteiger partial charge in [0.15, 0.2) is 0 Å². The van der Waals surface area contributed by atoms with Crippen molar-refractivity contribution in [2.75, 3.05) is 0 Å². The van der Waals surface area contributed by atoms with Crippen molar-refractivity contribution in [1.29, 1.82) is 0 Å². The molecular weight excluding hydrogens is 524 g/mol. The highest BCUT2D eigenvalue weighted by Gasteiger charge is 2.16. The lowest BCUT2D eigenvalue weighted by Crippen LogP contribution is -2.12. The van der Waals surface area contributed by atoms with E-state index in [-0.39, 0.29) is 12.1 Å². The maximum Gasteiger partial charge on any atom is 0.344 e. The van der Waals surface area contributed by atoms with Gasteiger partial charge in [-0.3, -0.25) is 4.79 Å². The average molecular weight is 573 g/mol. The van der Waals surface area contributed by atoms with Gasteiger partial charge >= 0.3 is 11.9 Å². The summed E-state index contributed by atoms with van der Waals surface area (Å²) in [5.74, 6) is 1.08. The lowest BCUT2D eigenvalue weighted by Gasteiger charge is -2.15. The molecule has 0 fully saturated rings. The van der Waals surface area contributed by atoms with Gasteiger partial charge in [-0.15, -0.1) is 0 Å². The monoisotopic (exact) mass is 572 g/mol. The molecule has 3 rings (SSSR count). The van der Waals surface area contributed by atoms with E-state index in [1.807, 2.05) is 42.5 Å². The Balaban J connectivity index is 1.50. The van der Waals surface area contributed by atoms with E-state index in [1.165, 1.54) is 51.4 Å². The van der Waals surface area contributed by atoms with Crippen LogP contribution in [0.5, 0.6) is 17.2 Å². The van der Waals surface area contributed by atoms with Crippen LogP contribution in [-0.2, 0) is 4.79 Å². The van der Waals surface area contributed by atoms with Crippen LogP contribution in [0.25, 0.3) is 11.1 Å². The smallest absolute Gasteiger partial charge is 0.344 e. The second-order valence-corrected chi connectivity index (χ2v) is 11.1. The van der Waals surface area contributed by atoms with Gasteiger partial charge in [0.05, 0.1) is 11.7 Å². The van der Waals surface area contributed by atoms with Crippen LogP contribution in [0.2, 0.25) is 0 Å². The topological polar surface area (TPSA) is 61.8 Å². The molecule has 0 radical (unpaired) electrons. The molecule has 0 heterocycles. The first-order valence-corrected chi connectivity index (χ1v) is 15.9. The zero-order valence-electron chi connectivity index (χ0n) is 25.7. The SMILES string of the molecule is CCCCCCCCCCC(=O)Oc1ccc(-c2ccccc2C(=O)Oc2ccc(OC(C)CCCCC)cc2)cc1. The van der Waals surface area contributed by atoms with Crippen molar-refractivity contribution in [3.8, 4) is 28.4 Å². The number of carbonyl (C=O) groups is 2. The minimum atomic E-state index is -0.437. The molecule has 1 atom stereocenters. The van der Waals surface area contributed by atoms with Gasteiger partial charge in [0.25, 0.3) is 0 Å². The summed E-state index contributed by atoms with van der Waals surface area (Å²) in [4.78, 5) is 25.4. The highest BCUT2D eigenvalue weighted by molar-refractivity contribution is 5.98. The van der Waals surface area contributed by atoms with Crippen LogP contribution in [0, 0.1) is 0 Å². The second-order valence-electron chi connectivity index (χ2n) is 11.1. The number of esters is 2. The molecule has 0 aliphatic heterocycles.